The molecule has 0 amide bonds. The summed E-state index contributed by atoms with van der Waals surface area (Å²) in [6.45, 7) is 0. The first kappa shape index (κ1) is 15.8. The number of nitrogens with zero attached hydrogens (tertiary/aromatic N) is 2. The van der Waals surface area contributed by atoms with Crippen LogP contribution in [0.4, 0.5) is 17.1 Å². The zero-order chi connectivity index (χ0) is 17.1. The Bertz CT molecular complexity index is 944. The molecule has 0 aromatic heterocycles. The van der Waals surface area contributed by atoms with Crippen molar-refractivity contribution in [1.29, 1.82) is 0 Å². The van der Waals surface area contributed by atoms with Crippen molar-refractivity contribution in [2.24, 2.45) is 9.98 Å². The summed E-state index contributed by atoms with van der Waals surface area (Å²) < 4.78 is 1.06. The molecule has 3 nitrogen and oxygen atoms in total. The average molecular weight is 390 g/mol. The maximum atomic E-state index is 4.88. The first-order valence-electron chi connectivity index (χ1n) is 8.10. The molecule has 4 rings (SSSR count). The summed E-state index contributed by atoms with van der Waals surface area (Å²) >= 11 is 3.49. The molecule has 0 unspecified atom stereocenters. The van der Waals surface area contributed by atoms with E-state index in [1.807, 2.05) is 66.7 Å². The number of aliphatic imine (C=N–C) groups is 2. The largest absolute Gasteiger partial charge is 0.343 e. The Labute approximate surface area is 155 Å². The van der Waals surface area contributed by atoms with E-state index in [1.54, 1.807) is 0 Å². The molecule has 3 aromatic rings. The van der Waals surface area contributed by atoms with E-state index in [0.29, 0.717) is 6.42 Å². The molecule has 122 valence electrons. The van der Waals surface area contributed by atoms with E-state index in [0.717, 1.165) is 38.6 Å². The number of anilines is 1. The minimum absolute atomic E-state index is 0.644. The normalized spacial score (nSPS) is 13.3. The molecule has 0 aliphatic carbocycles. The van der Waals surface area contributed by atoms with E-state index in [9.17, 15) is 0 Å². The van der Waals surface area contributed by atoms with Gasteiger partial charge in [-0.05, 0) is 42.0 Å². The number of para-hydroxylation sites is 3. The first-order chi connectivity index (χ1) is 12.3. The molecular weight excluding hydrogens is 374 g/mol. The Morgan fingerprint density at radius 1 is 0.720 bits per heavy atom. The number of benzene rings is 3. The van der Waals surface area contributed by atoms with Crippen LogP contribution in [0.25, 0.3) is 0 Å². The summed E-state index contributed by atoms with van der Waals surface area (Å²) in [5.41, 5.74) is 4.90. The SMILES string of the molecule is Brc1ccc(C2=Nc3ccccc3N=C(Nc3ccccc3)C2)cc1. The zero-order valence-corrected chi connectivity index (χ0v) is 15.1. The van der Waals surface area contributed by atoms with Crippen LogP contribution in [-0.2, 0) is 0 Å². The summed E-state index contributed by atoms with van der Waals surface area (Å²) in [6, 6.07) is 26.3. The molecular formula is C21H16BrN3. The fourth-order valence-corrected chi connectivity index (χ4v) is 3.02. The lowest BCUT2D eigenvalue weighted by Crippen LogP contribution is -2.16. The van der Waals surface area contributed by atoms with Crippen LogP contribution in [-0.4, -0.2) is 11.5 Å². The van der Waals surface area contributed by atoms with Gasteiger partial charge in [0.1, 0.15) is 5.84 Å². The molecule has 3 aromatic carbocycles. The van der Waals surface area contributed by atoms with Crippen LogP contribution < -0.4 is 5.32 Å². The summed E-state index contributed by atoms with van der Waals surface area (Å²) in [6.07, 6.45) is 0.644. The molecule has 1 aliphatic rings. The van der Waals surface area contributed by atoms with Gasteiger partial charge in [0.05, 0.1) is 17.1 Å². The third kappa shape index (κ3) is 3.69. The number of hydrogen-bond donors (Lipinski definition) is 1. The van der Waals surface area contributed by atoms with Crippen molar-refractivity contribution >= 4 is 44.5 Å². The summed E-state index contributed by atoms with van der Waals surface area (Å²) in [5.74, 6) is 0.887. The van der Waals surface area contributed by atoms with Crippen LogP contribution in [0.2, 0.25) is 0 Å². The van der Waals surface area contributed by atoms with Gasteiger partial charge in [-0.15, -0.1) is 0 Å². The summed E-state index contributed by atoms with van der Waals surface area (Å²) in [4.78, 5) is 9.69. The molecule has 0 fully saturated rings. The second-order valence-corrected chi connectivity index (χ2v) is 6.70. The Hall–Kier alpha value is -2.72. The average Bonchev–Trinajstić information content (AvgIpc) is 2.82. The quantitative estimate of drug-likeness (QED) is 0.563. The molecule has 0 saturated heterocycles. The van der Waals surface area contributed by atoms with Crippen molar-refractivity contribution in [3.05, 3.63) is 88.9 Å². The molecule has 1 heterocycles. The van der Waals surface area contributed by atoms with E-state index in [4.69, 9.17) is 9.98 Å². The molecule has 0 spiro atoms. The lowest BCUT2D eigenvalue weighted by atomic mass is 10.1. The summed E-state index contributed by atoms with van der Waals surface area (Å²) in [5, 5.41) is 3.43. The van der Waals surface area contributed by atoms with E-state index >= 15 is 0 Å². The Balaban J connectivity index is 1.75. The maximum absolute atomic E-state index is 4.88. The zero-order valence-electron chi connectivity index (χ0n) is 13.5. The molecule has 4 heteroatoms. The highest BCUT2D eigenvalue weighted by molar-refractivity contribution is 9.10. The van der Waals surface area contributed by atoms with Gasteiger partial charge in [-0.25, -0.2) is 4.99 Å². The molecule has 0 radical (unpaired) electrons. The number of hydrogen-bond acceptors (Lipinski definition) is 3. The van der Waals surface area contributed by atoms with Crippen molar-refractivity contribution < 1.29 is 0 Å². The molecule has 0 bridgehead atoms. The predicted octanol–water partition coefficient (Wildman–Crippen LogP) is 6.12. The van der Waals surface area contributed by atoms with Crippen LogP contribution in [0.3, 0.4) is 0 Å². The van der Waals surface area contributed by atoms with E-state index in [-0.39, 0.29) is 0 Å². The van der Waals surface area contributed by atoms with Gasteiger partial charge < -0.3 is 5.32 Å². The van der Waals surface area contributed by atoms with Gasteiger partial charge in [-0.2, -0.15) is 0 Å². The highest BCUT2D eigenvalue weighted by Crippen LogP contribution is 2.31. The van der Waals surface area contributed by atoms with Crippen LogP contribution in [0, 0.1) is 0 Å². The van der Waals surface area contributed by atoms with Crippen LogP contribution >= 0.6 is 15.9 Å². The fraction of sp³-hybridized carbons (Fsp3) is 0.0476. The molecule has 1 aliphatic heterocycles. The van der Waals surface area contributed by atoms with Gasteiger partial charge in [0.25, 0.3) is 0 Å². The standard InChI is InChI=1S/C21H16BrN3/c22-16-12-10-15(11-13-16)20-14-21(23-17-6-2-1-3-7-17)25-19-9-5-4-8-18(19)24-20/h1-13H,14H2,(H,23,25). The van der Waals surface area contributed by atoms with Gasteiger partial charge >= 0.3 is 0 Å². The van der Waals surface area contributed by atoms with Crippen molar-refractivity contribution in [2.75, 3.05) is 5.32 Å². The Kier molecular flexibility index (Phi) is 4.44. The van der Waals surface area contributed by atoms with Crippen LogP contribution in [0.5, 0.6) is 0 Å². The lowest BCUT2D eigenvalue weighted by molar-refractivity contribution is 1.43. The fourth-order valence-electron chi connectivity index (χ4n) is 2.75. The number of halogens is 1. The van der Waals surface area contributed by atoms with E-state index in [2.05, 4.69) is 33.4 Å². The van der Waals surface area contributed by atoms with Gasteiger partial charge in [-0.3, -0.25) is 4.99 Å². The minimum atomic E-state index is 0.644. The highest BCUT2D eigenvalue weighted by Gasteiger charge is 2.15. The first-order valence-corrected chi connectivity index (χ1v) is 8.89. The van der Waals surface area contributed by atoms with Crippen molar-refractivity contribution in [1.82, 2.24) is 0 Å². The van der Waals surface area contributed by atoms with Gasteiger partial charge in [0, 0.05) is 16.6 Å². The number of rotatable bonds is 2. The van der Waals surface area contributed by atoms with E-state index in [1.165, 1.54) is 0 Å². The summed E-state index contributed by atoms with van der Waals surface area (Å²) in [7, 11) is 0. The third-order valence-corrected chi connectivity index (χ3v) is 4.50. The Morgan fingerprint density at radius 2 is 1.36 bits per heavy atom. The second kappa shape index (κ2) is 7.03. The highest BCUT2D eigenvalue weighted by atomic mass is 79.9. The molecule has 1 N–H and O–H groups in total. The van der Waals surface area contributed by atoms with E-state index < -0.39 is 0 Å². The van der Waals surface area contributed by atoms with Crippen LogP contribution in [0.15, 0.2) is 93.3 Å². The van der Waals surface area contributed by atoms with Crippen molar-refractivity contribution in [2.45, 2.75) is 6.42 Å². The maximum Gasteiger partial charge on any atom is 0.113 e. The number of nitrogens with one attached hydrogen (secondary N) is 1. The number of fused-ring (bicyclic) bond motifs is 1. The predicted molar refractivity (Wildman–Crippen MR) is 109 cm³/mol. The monoisotopic (exact) mass is 389 g/mol. The van der Waals surface area contributed by atoms with Crippen molar-refractivity contribution in [3.8, 4) is 0 Å². The lowest BCUT2D eigenvalue weighted by Gasteiger charge is -2.10. The second-order valence-electron chi connectivity index (χ2n) is 5.78. The minimum Gasteiger partial charge on any atom is -0.343 e. The Morgan fingerprint density at radius 3 is 2.08 bits per heavy atom. The van der Waals surface area contributed by atoms with Gasteiger partial charge in [0.15, 0.2) is 0 Å². The molecule has 25 heavy (non-hydrogen) atoms. The van der Waals surface area contributed by atoms with Gasteiger partial charge in [0.2, 0.25) is 0 Å². The molecule has 0 atom stereocenters. The van der Waals surface area contributed by atoms with Crippen LogP contribution in [0.1, 0.15) is 12.0 Å². The van der Waals surface area contributed by atoms with Crippen molar-refractivity contribution in [3.63, 3.8) is 0 Å². The smallest absolute Gasteiger partial charge is 0.113 e. The third-order valence-electron chi connectivity index (χ3n) is 3.97. The number of amidine groups is 1. The topological polar surface area (TPSA) is 36.8 Å². The molecule has 0 saturated carbocycles. The van der Waals surface area contributed by atoms with Gasteiger partial charge in [-0.1, -0.05) is 58.4 Å².